The SMILES string of the molecule is CCCCC1(CC)CN(c2ccccc2)c2cc(OC)c(O/C=C/C(=O)O)cc2S(=O)C1. The lowest BCUT2D eigenvalue weighted by Crippen LogP contribution is -2.37. The van der Waals surface area contributed by atoms with Gasteiger partial charge in [-0.15, -0.1) is 0 Å². The maximum Gasteiger partial charge on any atom is 0.331 e. The fourth-order valence-corrected chi connectivity index (χ4v) is 5.89. The minimum atomic E-state index is -1.25. The fourth-order valence-electron chi connectivity index (χ4n) is 4.10. The Labute approximate surface area is 192 Å². The van der Waals surface area contributed by atoms with Gasteiger partial charge in [-0.25, -0.2) is 4.79 Å². The molecule has 2 aromatic rings. The van der Waals surface area contributed by atoms with Crippen LogP contribution in [0.2, 0.25) is 0 Å². The molecule has 0 saturated carbocycles. The number of carbonyl (C=O) groups is 1. The molecule has 0 saturated heterocycles. The first-order valence-corrected chi connectivity index (χ1v) is 12.2. The molecule has 3 rings (SSSR count). The van der Waals surface area contributed by atoms with Gasteiger partial charge in [-0.2, -0.15) is 0 Å². The van der Waals surface area contributed by atoms with Crippen LogP contribution in [0.3, 0.4) is 0 Å². The van der Waals surface area contributed by atoms with Crippen molar-refractivity contribution in [3.63, 3.8) is 0 Å². The number of aliphatic carboxylic acids is 1. The molecule has 0 aromatic heterocycles. The van der Waals surface area contributed by atoms with Gasteiger partial charge in [0.2, 0.25) is 0 Å². The number of rotatable bonds is 9. The molecule has 7 heteroatoms. The molecule has 2 unspecified atom stereocenters. The van der Waals surface area contributed by atoms with Crippen molar-refractivity contribution in [2.24, 2.45) is 5.41 Å². The number of methoxy groups -OCH3 is 1. The van der Waals surface area contributed by atoms with Crippen molar-refractivity contribution in [1.82, 2.24) is 0 Å². The zero-order chi connectivity index (χ0) is 23.1. The highest BCUT2D eigenvalue weighted by Gasteiger charge is 2.38. The van der Waals surface area contributed by atoms with E-state index in [1.165, 1.54) is 7.11 Å². The number of hydrogen-bond donors (Lipinski definition) is 1. The zero-order valence-electron chi connectivity index (χ0n) is 18.9. The number of carboxylic acid groups (broad SMARTS) is 1. The van der Waals surface area contributed by atoms with E-state index < -0.39 is 16.8 Å². The number of unbranched alkanes of at least 4 members (excludes halogenated alkanes) is 1. The summed E-state index contributed by atoms with van der Waals surface area (Å²) in [6, 6.07) is 13.7. The van der Waals surface area contributed by atoms with Gasteiger partial charge >= 0.3 is 5.97 Å². The van der Waals surface area contributed by atoms with Crippen molar-refractivity contribution < 1.29 is 23.6 Å². The highest BCUT2D eigenvalue weighted by Crippen LogP contribution is 2.46. The van der Waals surface area contributed by atoms with E-state index in [0.29, 0.717) is 22.1 Å². The minimum Gasteiger partial charge on any atom is -0.493 e. The fraction of sp³-hybridized carbons (Fsp3) is 0.400. The summed E-state index contributed by atoms with van der Waals surface area (Å²) in [5, 5.41) is 8.85. The Balaban J connectivity index is 2.14. The Bertz CT molecular complexity index is 991. The van der Waals surface area contributed by atoms with Crippen molar-refractivity contribution in [2.45, 2.75) is 44.4 Å². The second-order valence-corrected chi connectivity index (χ2v) is 9.52. The third kappa shape index (κ3) is 5.33. The van der Waals surface area contributed by atoms with Crippen LogP contribution in [0.5, 0.6) is 11.5 Å². The predicted molar refractivity (Wildman–Crippen MR) is 127 cm³/mol. The number of nitrogens with zero attached hydrogens (tertiary/aromatic N) is 1. The smallest absolute Gasteiger partial charge is 0.331 e. The van der Waals surface area contributed by atoms with Crippen LogP contribution < -0.4 is 14.4 Å². The number of anilines is 2. The van der Waals surface area contributed by atoms with E-state index in [4.69, 9.17) is 14.6 Å². The Morgan fingerprint density at radius 1 is 1.22 bits per heavy atom. The van der Waals surface area contributed by atoms with Gasteiger partial charge in [0.15, 0.2) is 11.5 Å². The first-order valence-electron chi connectivity index (χ1n) is 10.9. The lowest BCUT2D eigenvalue weighted by molar-refractivity contribution is -0.131. The lowest BCUT2D eigenvalue weighted by atomic mass is 9.81. The third-order valence-corrected chi connectivity index (χ3v) is 7.69. The van der Waals surface area contributed by atoms with Gasteiger partial charge in [-0.1, -0.05) is 44.9 Å². The summed E-state index contributed by atoms with van der Waals surface area (Å²) in [5.41, 5.74) is 1.77. The Morgan fingerprint density at radius 3 is 2.59 bits per heavy atom. The first kappa shape index (κ1) is 23.9. The number of fused-ring (bicyclic) bond motifs is 1. The molecule has 172 valence electrons. The van der Waals surface area contributed by atoms with Crippen molar-refractivity contribution in [2.75, 3.05) is 24.3 Å². The molecule has 1 heterocycles. The molecule has 0 aliphatic carbocycles. The molecule has 2 aromatic carbocycles. The van der Waals surface area contributed by atoms with Crippen molar-refractivity contribution in [3.05, 3.63) is 54.8 Å². The van der Waals surface area contributed by atoms with Crippen LogP contribution in [0.1, 0.15) is 39.5 Å². The van der Waals surface area contributed by atoms with Gasteiger partial charge in [0.25, 0.3) is 0 Å². The molecule has 1 N–H and O–H groups in total. The third-order valence-electron chi connectivity index (χ3n) is 6.00. The summed E-state index contributed by atoms with van der Waals surface area (Å²) < 4.78 is 24.7. The van der Waals surface area contributed by atoms with Gasteiger partial charge < -0.3 is 19.5 Å². The van der Waals surface area contributed by atoms with Crippen LogP contribution in [-0.4, -0.2) is 34.7 Å². The van der Waals surface area contributed by atoms with Crippen LogP contribution >= 0.6 is 0 Å². The van der Waals surface area contributed by atoms with E-state index in [1.807, 2.05) is 24.3 Å². The lowest BCUT2D eigenvalue weighted by Gasteiger charge is -2.36. The highest BCUT2D eigenvalue weighted by molar-refractivity contribution is 7.85. The summed E-state index contributed by atoms with van der Waals surface area (Å²) in [5.74, 6) is 0.245. The van der Waals surface area contributed by atoms with Crippen LogP contribution in [0, 0.1) is 5.41 Å². The van der Waals surface area contributed by atoms with Gasteiger partial charge in [-0.3, -0.25) is 4.21 Å². The second kappa shape index (κ2) is 10.7. The summed E-state index contributed by atoms with van der Waals surface area (Å²) in [6.45, 7) is 5.12. The summed E-state index contributed by atoms with van der Waals surface area (Å²) in [6.07, 6.45) is 6.11. The first-order chi connectivity index (χ1) is 15.4. The van der Waals surface area contributed by atoms with E-state index in [2.05, 4.69) is 30.9 Å². The summed E-state index contributed by atoms with van der Waals surface area (Å²) in [7, 11) is 0.283. The number of carboxylic acids is 1. The number of benzene rings is 2. The molecule has 0 spiro atoms. The standard InChI is InChI=1S/C25H31NO5S/c1-4-6-13-25(5-2)17-26(19-10-8-7-9-11-19)20-15-21(30-3)22(31-14-12-24(27)28)16-23(20)32(29)18-25/h7-12,14-16H,4-6,13,17-18H2,1-3H3,(H,27,28)/b14-12+. The van der Waals surface area contributed by atoms with E-state index in [1.54, 1.807) is 6.07 Å². The molecule has 1 aliphatic heterocycles. The van der Waals surface area contributed by atoms with Crippen LogP contribution in [0.4, 0.5) is 11.4 Å². The number of ether oxygens (including phenoxy) is 2. The van der Waals surface area contributed by atoms with E-state index in [9.17, 15) is 9.00 Å². The van der Waals surface area contributed by atoms with Gasteiger partial charge in [0.05, 0.1) is 40.8 Å². The van der Waals surface area contributed by atoms with E-state index >= 15 is 0 Å². The van der Waals surface area contributed by atoms with Crippen LogP contribution in [0.25, 0.3) is 0 Å². The van der Waals surface area contributed by atoms with Gasteiger partial charge in [-0.05, 0) is 30.4 Å². The van der Waals surface area contributed by atoms with E-state index in [0.717, 1.165) is 55.9 Å². The Morgan fingerprint density at radius 2 is 1.97 bits per heavy atom. The predicted octanol–water partition coefficient (Wildman–Crippen LogP) is 5.52. The number of para-hydroxylation sites is 1. The molecule has 0 radical (unpaired) electrons. The average Bonchev–Trinajstić information content (AvgIpc) is 2.92. The Kier molecular flexibility index (Phi) is 7.96. The zero-order valence-corrected chi connectivity index (χ0v) is 19.7. The quantitative estimate of drug-likeness (QED) is 0.395. The summed E-state index contributed by atoms with van der Waals surface area (Å²) >= 11 is 0. The largest absolute Gasteiger partial charge is 0.493 e. The van der Waals surface area contributed by atoms with Crippen LogP contribution in [-0.2, 0) is 15.6 Å². The van der Waals surface area contributed by atoms with Gasteiger partial charge in [0, 0.05) is 30.1 Å². The monoisotopic (exact) mass is 457 g/mol. The molecular weight excluding hydrogens is 426 g/mol. The Hall–Kier alpha value is -2.80. The molecule has 6 nitrogen and oxygen atoms in total. The maximum absolute atomic E-state index is 13.6. The minimum absolute atomic E-state index is 0.0901. The number of hydrogen-bond acceptors (Lipinski definition) is 5. The van der Waals surface area contributed by atoms with E-state index in [-0.39, 0.29) is 5.41 Å². The summed E-state index contributed by atoms with van der Waals surface area (Å²) in [4.78, 5) is 13.7. The molecule has 1 aliphatic rings. The molecule has 2 atom stereocenters. The molecule has 32 heavy (non-hydrogen) atoms. The van der Waals surface area contributed by atoms with Gasteiger partial charge in [0.1, 0.15) is 0 Å². The molecule has 0 fully saturated rings. The second-order valence-electron chi connectivity index (χ2n) is 8.10. The molecular formula is C25H31NO5S. The topological polar surface area (TPSA) is 76.1 Å². The van der Waals surface area contributed by atoms with Crippen molar-refractivity contribution >= 4 is 28.1 Å². The highest BCUT2D eigenvalue weighted by atomic mass is 32.2. The molecule has 0 amide bonds. The van der Waals surface area contributed by atoms with Crippen molar-refractivity contribution in [3.8, 4) is 11.5 Å². The maximum atomic E-state index is 13.6. The average molecular weight is 458 g/mol. The normalized spacial score (nSPS) is 20.6. The molecule has 0 bridgehead atoms. The van der Waals surface area contributed by atoms with Crippen molar-refractivity contribution in [1.29, 1.82) is 0 Å². The van der Waals surface area contributed by atoms with Crippen LogP contribution in [0.15, 0.2) is 59.7 Å².